The lowest BCUT2D eigenvalue weighted by atomic mass is 10.0. The van der Waals surface area contributed by atoms with Crippen molar-refractivity contribution >= 4 is 23.3 Å². The summed E-state index contributed by atoms with van der Waals surface area (Å²) in [5.74, 6) is 1.80. The molecule has 0 aliphatic carbocycles. The van der Waals surface area contributed by atoms with Crippen LogP contribution >= 0.6 is 11.6 Å². The van der Waals surface area contributed by atoms with Crippen LogP contribution in [0.4, 0.5) is 5.82 Å². The van der Waals surface area contributed by atoms with E-state index in [2.05, 4.69) is 41.1 Å². The van der Waals surface area contributed by atoms with Crippen LogP contribution in [0.3, 0.4) is 0 Å². The minimum absolute atomic E-state index is 0.0314. The molecule has 0 unspecified atom stereocenters. The van der Waals surface area contributed by atoms with E-state index in [0.717, 1.165) is 55.4 Å². The number of carbonyl (C=O) groups excluding carboxylic acids is 1. The van der Waals surface area contributed by atoms with Crippen molar-refractivity contribution in [2.75, 3.05) is 31.1 Å². The van der Waals surface area contributed by atoms with Crippen molar-refractivity contribution in [1.82, 2.24) is 14.9 Å². The zero-order valence-electron chi connectivity index (χ0n) is 18.0. The highest BCUT2D eigenvalue weighted by Gasteiger charge is 2.23. The predicted molar refractivity (Wildman–Crippen MR) is 125 cm³/mol. The SMILES string of the molecule is Cc1nc(C)c(Cc2ccccc2)c(N2CCCN(C(=O)c3cccc(Cl)c3)CC2)n1. The average molecular weight is 435 g/mol. The number of rotatable bonds is 4. The molecule has 1 fully saturated rings. The Morgan fingerprint density at radius 1 is 0.968 bits per heavy atom. The van der Waals surface area contributed by atoms with Gasteiger partial charge in [0.25, 0.3) is 5.91 Å². The summed E-state index contributed by atoms with van der Waals surface area (Å²) in [7, 11) is 0. The number of aromatic nitrogens is 2. The van der Waals surface area contributed by atoms with Gasteiger partial charge in [-0.2, -0.15) is 0 Å². The third-order valence-corrected chi connectivity index (χ3v) is 5.92. The van der Waals surface area contributed by atoms with Gasteiger partial charge in [-0.05, 0) is 44.0 Å². The molecule has 1 aliphatic heterocycles. The van der Waals surface area contributed by atoms with Crippen molar-refractivity contribution in [1.29, 1.82) is 0 Å². The number of hydrogen-bond acceptors (Lipinski definition) is 4. The molecule has 0 spiro atoms. The van der Waals surface area contributed by atoms with E-state index in [9.17, 15) is 4.79 Å². The fourth-order valence-corrected chi connectivity index (χ4v) is 4.31. The van der Waals surface area contributed by atoms with E-state index in [1.807, 2.05) is 30.0 Å². The highest BCUT2D eigenvalue weighted by atomic mass is 35.5. The Balaban J connectivity index is 1.56. The Morgan fingerprint density at radius 2 is 1.77 bits per heavy atom. The first-order valence-electron chi connectivity index (χ1n) is 10.7. The summed E-state index contributed by atoms with van der Waals surface area (Å²) in [6.07, 6.45) is 1.68. The van der Waals surface area contributed by atoms with Gasteiger partial charge in [0.1, 0.15) is 11.6 Å². The van der Waals surface area contributed by atoms with Gasteiger partial charge in [0, 0.05) is 54.4 Å². The van der Waals surface area contributed by atoms with Crippen molar-refractivity contribution in [2.45, 2.75) is 26.7 Å². The van der Waals surface area contributed by atoms with Crippen LogP contribution in [0.1, 0.15) is 39.4 Å². The molecule has 0 saturated carbocycles. The van der Waals surface area contributed by atoms with Crippen LogP contribution in [0.15, 0.2) is 54.6 Å². The first-order chi connectivity index (χ1) is 15.0. The van der Waals surface area contributed by atoms with Crippen molar-refractivity contribution in [3.8, 4) is 0 Å². The van der Waals surface area contributed by atoms with Crippen molar-refractivity contribution in [2.24, 2.45) is 0 Å². The fraction of sp³-hybridized carbons (Fsp3) is 0.320. The number of amides is 1. The molecule has 0 N–H and O–H groups in total. The van der Waals surface area contributed by atoms with Crippen molar-refractivity contribution in [3.63, 3.8) is 0 Å². The Labute approximate surface area is 188 Å². The fourth-order valence-electron chi connectivity index (χ4n) is 4.12. The number of benzene rings is 2. The topological polar surface area (TPSA) is 49.3 Å². The summed E-state index contributed by atoms with van der Waals surface area (Å²) in [5.41, 5.74) is 4.06. The lowest BCUT2D eigenvalue weighted by Crippen LogP contribution is -2.35. The summed E-state index contributed by atoms with van der Waals surface area (Å²) in [5, 5.41) is 0.583. The van der Waals surface area contributed by atoms with Gasteiger partial charge in [-0.15, -0.1) is 0 Å². The van der Waals surface area contributed by atoms with Crippen LogP contribution in [0.25, 0.3) is 0 Å². The predicted octanol–water partition coefficient (Wildman–Crippen LogP) is 4.69. The molecule has 160 valence electrons. The van der Waals surface area contributed by atoms with Crippen LogP contribution in [0.5, 0.6) is 0 Å². The van der Waals surface area contributed by atoms with E-state index in [1.54, 1.807) is 12.1 Å². The summed E-state index contributed by atoms with van der Waals surface area (Å²) >= 11 is 6.08. The number of anilines is 1. The number of aryl methyl sites for hydroxylation is 2. The first-order valence-corrected chi connectivity index (χ1v) is 11.1. The molecule has 0 atom stereocenters. The van der Waals surface area contributed by atoms with Gasteiger partial charge in [-0.25, -0.2) is 9.97 Å². The van der Waals surface area contributed by atoms with Gasteiger partial charge >= 0.3 is 0 Å². The van der Waals surface area contributed by atoms with Gasteiger partial charge < -0.3 is 9.80 Å². The van der Waals surface area contributed by atoms with Crippen LogP contribution in [0, 0.1) is 13.8 Å². The van der Waals surface area contributed by atoms with Gasteiger partial charge in [0.05, 0.1) is 0 Å². The molecule has 1 saturated heterocycles. The van der Waals surface area contributed by atoms with Gasteiger partial charge in [-0.3, -0.25) is 4.79 Å². The third kappa shape index (κ3) is 5.05. The van der Waals surface area contributed by atoms with Crippen LogP contribution in [-0.2, 0) is 6.42 Å². The Kier molecular flexibility index (Phi) is 6.52. The molecule has 1 amide bonds. The Hall–Kier alpha value is -2.92. The number of nitrogens with zero attached hydrogens (tertiary/aromatic N) is 4. The van der Waals surface area contributed by atoms with E-state index >= 15 is 0 Å². The summed E-state index contributed by atoms with van der Waals surface area (Å²) in [6, 6.07) is 17.6. The largest absolute Gasteiger partial charge is 0.354 e. The molecular weight excluding hydrogens is 408 g/mol. The normalized spacial score (nSPS) is 14.4. The van der Waals surface area contributed by atoms with Crippen LogP contribution < -0.4 is 4.90 Å². The maximum absolute atomic E-state index is 13.0. The zero-order chi connectivity index (χ0) is 21.8. The van der Waals surface area contributed by atoms with Crippen molar-refractivity contribution in [3.05, 3.63) is 87.8 Å². The lowest BCUT2D eigenvalue weighted by molar-refractivity contribution is 0.0767. The second kappa shape index (κ2) is 9.48. The minimum Gasteiger partial charge on any atom is -0.354 e. The molecule has 5 nitrogen and oxygen atoms in total. The Bertz CT molecular complexity index is 1070. The molecule has 4 rings (SSSR count). The van der Waals surface area contributed by atoms with E-state index < -0.39 is 0 Å². The molecule has 2 aromatic carbocycles. The van der Waals surface area contributed by atoms with E-state index in [4.69, 9.17) is 16.6 Å². The standard InChI is InChI=1S/C25H27ClN4O/c1-18-23(16-20-8-4-3-5-9-20)24(28-19(2)27-18)29-12-7-13-30(15-14-29)25(31)21-10-6-11-22(26)17-21/h3-6,8-11,17H,7,12-16H2,1-2H3. The molecule has 2 heterocycles. The van der Waals surface area contributed by atoms with E-state index in [0.29, 0.717) is 17.1 Å². The minimum atomic E-state index is 0.0314. The first kappa shape index (κ1) is 21.3. The van der Waals surface area contributed by atoms with Gasteiger partial charge in [0.15, 0.2) is 0 Å². The molecular formula is C25H27ClN4O. The zero-order valence-corrected chi connectivity index (χ0v) is 18.8. The smallest absolute Gasteiger partial charge is 0.253 e. The van der Waals surface area contributed by atoms with E-state index in [1.165, 1.54) is 5.56 Å². The summed E-state index contributed by atoms with van der Waals surface area (Å²) in [4.78, 5) is 26.7. The van der Waals surface area contributed by atoms with Crippen molar-refractivity contribution < 1.29 is 4.79 Å². The third-order valence-electron chi connectivity index (χ3n) is 5.68. The maximum Gasteiger partial charge on any atom is 0.253 e. The molecule has 0 bridgehead atoms. The molecule has 31 heavy (non-hydrogen) atoms. The van der Waals surface area contributed by atoms with Crippen LogP contribution in [0.2, 0.25) is 5.02 Å². The number of halogens is 1. The maximum atomic E-state index is 13.0. The Morgan fingerprint density at radius 3 is 2.55 bits per heavy atom. The molecule has 0 radical (unpaired) electrons. The molecule has 1 aromatic heterocycles. The monoisotopic (exact) mass is 434 g/mol. The second-order valence-corrected chi connectivity index (χ2v) is 8.40. The quantitative estimate of drug-likeness (QED) is 0.597. The van der Waals surface area contributed by atoms with Gasteiger partial charge in [-0.1, -0.05) is 48.0 Å². The molecule has 6 heteroatoms. The highest BCUT2D eigenvalue weighted by Crippen LogP contribution is 2.25. The molecule has 1 aliphatic rings. The van der Waals surface area contributed by atoms with Crippen LogP contribution in [-0.4, -0.2) is 47.0 Å². The van der Waals surface area contributed by atoms with E-state index in [-0.39, 0.29) is 5.91 Å². The molecule has 3 aromatic rings. The number of carbonyl (C=O) groups is 1. The summed E-state index contributed by atoms with van der Waals surface area (Å²) in [6.45, 7) is 6.97. The summed E-state index contributed by atoms with van der Waals surface area (Å²) < 4.78 is 0. The number of hydrogen-bond donors (Lipinski definition) is 0. The lowest BCUT2D eigenvalue weighted by Gasteiger charge is -2.26. The average Bonchev–Trinajstić information content (AvgIpc) is 3.02. The second-order valence-electron chi connectivity index (χ2n) is 7.96. The van der Waals surface area contributed by atoms with Gasteiger partial charge in [0.2, 0.25) is 0 Å². The highest BCUT2D eigenvalue weighted by molar-refractivity contribution is 6.30.